The van der Waals surface area contributed by atoms with E-state index < -0.39 is 0 Å². The molecule has 0 amide bonds. The van der Waals surface area contributed by atoms with Crippen LogP contribution in [0.4, 0.5) is 0 Å². The molecule has 0 N–H and O–H groups in total. The minimum atomic E-state index is -0.300. The number of furan rings is 1. The second kappa shape index (κ2) is 6.47. The van der Waals surface area contributed by atoms with Gasteiger partial charge in [-0.15, -0.1) is 0 Å². The molecule has 3 aromatic rings. The maximum atomic E-state index is 12.1. The Morgan fingerprint density at radius 2 is 1.87 bits per heavy atom. The number of benzene rings is 2. The molecule has 0 bridgehead atoms. The molecule has 0 aliphatic rings. The van der Waals surface area contributed by atoms with Crippen molar-refractivity contribution in [2.24, 2.45) is 0 Å². The minimum absolute atomic E-state index is 0.173. The van der Waals surface area contributed by atoms with E-state index in [2.05, 4.69) is 0 Å². The molecule has 0 saturated heterocycles. The van der Waals surface area contributed by atoms with Gasteiger partial charge in [0.1, 0.15) is 12.2 Å². The Bertz CT molecular complexity index is 864. The van der Waals surface area contributed by atoms with Crippen LogP contribution in [0.15, 0.2) is 47.1 Å². The highest BCUT2D eigenvalue weighted by Gasteiger charge is 2.13. The van der Waals surface area contributed by atoms with Gasteiger partial charge in [-0.05, 0) is 43.2 Å². The van der Waals surface area contributed by atoms with Gasteiger partial charge in [0.05, 0.1) is 12.7 Å². The molecule has 4 heteroatoms. The fraction of sp³-hybridized carbons (Fsp3) is 0.211. The van der Waals surface area contributed by atoms with E-state index in [9.17, 15) is 4.79 Å². The number of hydrogen-bond donors (Lipinski definition) is 0. The summed E-state index contributed by atoms with van der Waals surface area (Å²) in [5.41, 5.74) is 4.77. The lowest BCUT2D eigenvalue weighted by Crippen LogP contribution is -2.08. The van der Waals surface area contributed by atoms with E-state index >= 15 is 0 Å². The summed E-state index contributed by atoms with van der Waals surface area (Å²) in [5, 5.41) is 1.56. The molecule has 0 aliphatic carbocycles. The van der Waals surface area contributed by atoms with Crippen LogP contribution in [0, 0.1) is 13.8 Å². The zero-order chi connectivity index (χ0) is 16.4. The number of ether oxygens (including phenoxy) is 1. The van der Waals surface area contributed by atoms with Gasteiger partial charge in [-0.25, -0.2) is 0 Å². The number of carbonyl (C=O) groups is 1. The second-order valence-corrected chi connectivity index (χ2v) is 6.03. The van der Waals surface area contributed by atoms with Gasteiger partial charge >= 0.3 is 5.97 Å². The normalized spacial score (nSPS) is 10.9. The van der Waals surface area contributed by atoms with E-state index in [0.717, 1.165) is 22.1 Å². The predicted octanol–water partition coefficient (Wildman–Crippen LogP) is 4.99. The molecular weight excluding hydrogens is 312 g/mol. The van der Waals surface area contributed by atoms with Gasteiger partial charge in [-0.3, -0.25) is 4.79 Å². The van der Waals surface area contributed by atoms with Crippen molar-refractivity contribution < 1.29 is 13.9 Å². The van der Waals surface area contributed by atoms with Gasteiger partial charge < -0.3 is 9.15 Å². The van der Waals surface area contributed by atoms with Crippen LogP contribution >= 0.6 is 11.6 Å². The maximum absolute atomic E-state index is 12.1. The maximum Gasteiger partial charge on any atom is 0.310 e. The van der Waals surface area contributed by atoms with E-state index in [0.29, 0.717) is 5.02 Å². The van der Waals surface area contributed by atoms with Crippen LogP contribution in [0.3, 0.4) is 0 Å². The summed E-state index contributed by atoms with van der Waals surface area (Å²) in [4.78, 5) is 12.1. The zero-order valence-corrected chi connectivity index (χ0v) is 13.8. The van der Waals surface area contributed by atoms with Crippen LogP contribution in [0.25, 0.3) is 11.0 Å². The van der Waals surface area contributed by atoms with Crippen molar-refractivity contribution in [1.82, 2.24) is 0 Å². The number of hydrogen-bond acceptors (Lipinski definition) is 3. The third-order valence-corrected chi connectivity index (χ3v) is 4.32. The zero-order valence-electron chi connectivity index (χ0n) is 13.1. The quantitative estimate of drug-likeness (QED) is 0.633. The highest BCUT2D eigenvalue weighted by Crippen LogP contribution is 2.25. The second-order valence-electron chi connectivity index (χ2n) is 5.62. The van der Waals surface area contributed by atoms with Crippen LogP contribution in [0.5, 0.6) is 0 Å². The van der Waals surface area contributed by atoms with Gasteiger partial charge in [0.25, 0.3) is 0 Å². The lowest BCUT2D eigenvalue weighted by molar-refractivity contribution is -0.144. The lowest BCUT2D eigenvalue weighted by Gasteiger charge is -2.06. The van der Waals surface area contributed by atoms with Crippen LogP contribution < -0.4 is 0 Å². The number of halogens is 1. The van der Waals surface area contributed by atoms with Crippen LogP contribution in [-0.4, -0.2) is 5.97 Å². The summed E-state index contributed by atoms with van der Waals surface area (Å²) in [6, 6.07) is 11.4. The number of carbonyl (C=O) groups excluding carboxylic acids is 1. The van der Waals surface area contributed by atoms with Gasteiger partial charge in [0.15, 0.2) is 0 Å². The van der Waals surface area contributed by atoms with Crippen molar-refractivity contribution in [3.8, 4) is 0 Å². The minimum Gasteiger partial charge on any atom is -0.464 e. The van der Waals surface area contributed by atoms with Gasteiger partial charge in [-0.1, -0.05) is 29.8 Å². The van der Waals surface area contributed by atoms with E-state index in [1.54, 1.807) is 12.3 Å². The van der Waals surface area contributed by atoms with E-state index in [4.69, 9.17) is 20.8 Å². The fourth-order valence-corrected chi connectivity index (χ4v) is 2.64. The molecule has 0 aliphatic heterocycles. The molecular formula is C19H17ClO3. The summed E-state index contributed by atoms with van der Waals surface area (Å²) in [6.45, 7) is 4.25. The Balaban J connectivity index is 1.71. The summed E-state index contributed by atoms with van der Waals surface area (Å²) in [5.74, 6) is -0.300. The largest absolute Gasteiger partial charge is 0.464 e. The Kier molecular flexibility index (Phi) is 4.39. The van der Waals surface area contributed by atoms with Crippen molar-refractivity contribution in [3.63, 3.8) is 0 Å². The third-order valence-electron chi connectivity index (χ3n) is 3.95. The molecule has 0 atom stereocenters. The summed E-state index contributed by atoms with van der Waals surface area (Å²) >= 11 is 6.05. The molecule has 0 saturated carbocycles. The van der Waals surface area contributed by atoms with Crippen LogP contribution in [-0.2, 0) is 22.6 Å². The summed E-state index contributed by atoms with van der Waals surface area (Å²) in [7, 11) is 0. The topological polar surface area (TPSA) is 39.4 Å². The number of rotatable bonds is 4. The standard InChI is InChI=1S/C19H17ClO3/c1-12-7-16-15(11-22-18(16)8-13(12)2)9-19(21)23-10-14-5-3-4-6-17(14)20/h3-8,11H,9-10H2,1-2H3. The average Bonchev–Trinajstić information content (AvgIpc) is 2.89. The molecule has 23 heavy (non-hydrogen) atoms. The first-order chi connectivity index (χ1) is 11.0. The summed E-state index contributed by atoms with van der Waals surface area (Å²) < 4.78 is 10.9. The molecule has 0 unspecified atom stereocenters. The molecule has 1 heterocycles. The molecule has 3 rings (SSSR count). The lowest BCUT2D eigenvalue weighted by atomic mass is 10.0. The molecule has 0 spiro atoms. The van der Waals surface area contributed by atoms with E-state index in [-0.39, 0.29) is 19.0 Å². The first-order valence-electron chi connectivity index (χ1n) is 7.41. The number of aryl methyl sites for hydroxylation is 2. The van der Waals surface area contributed by atoms with Crippen molar-refractivity contribution in [1.29, 1.82) is 0 Å². The Labute approximate surface area is 139 Å². The molecule has 0 radical (unpaired) electrons. The van der Waals surface area contributed by atoms with E-state index in [1.165, 1.54) is 11.1 Å². The molecule has 1 aromatic heterocycles. The van der Waals surface area contributed by atoms with Gasteiger partial charge in [0.2, 0.25) is 0 Å². The average molecular weight is 329 g/mol. The SMILES string of the molecule is Cc1cc2occ(CC(=O)OCc3ccccc3Cl)c2cc1C. The Morgan fingerprint density at radius 1 is 1.13 bits per heavy atom. The van der Waals surface area contributed by atoms with Crippen LogP contribution in [0.1, 0.15) is 22.3 Å². The summed E-state index contributed by atoms with van der Waals surface area (Å²) in [6.07, 6.45) is 1.81. The molecule has 3 nitrogen and oxygen atoms in total. The first-order valence-corrected chi connectivity index (χ1v) is 7.79. The number of esters is 1. The third kappa shape index (κ3) is 3.40. The van der Waals surface area contributed by atoms with Gasteiger partial charge in [0, 0.05) is 21.5 Å². The Morgan fingerprint density at radius 3 is 2.65 bits per heavy atom. The van der Waals surface area contributed by atoms with Gasteiger partial charge in [-0.2, -0.15) is 0 Å². The van der Waals surface area contributed by atoms with Crippen molar-refractivity contribution in [3.05, 3.63) is 69.9 Å². The molecule has 118 valence electrons. The number of fused-ring (bicyclic) bond motifs is 1. The molecule has 2 aromatic carbocycles. The molecule has 0 fully saturated rings. The Hall–Kier alpha value is -2.26. The van der Waals surface area contributed by atoms with E-state index in [1.807, 2.05) is 44.2 Å². The van der Waals surface area contributed by atoms with Crippen LogP contribution in [0.2, 0.25) is 5.02 Å². The van der Waals surface area contributed by atoms with Crippen molar-refractivity contribution in [2.75, 3.05) is 0 Å². The monoisotopic (exact) mass is 328 g/mol. The van der Waals surface area contributed by atoms with Crippen molar-refractivity contribution in [2.45, 2.75) is 26.9 Å². The smallest absolute Gasteiger partial charge is 0.310 e. The predicted molar refractivity (Wildman–Crippen MR) is 90.6 cm³/mol. The highest BCUT2D eigenvalue weighted by atomic mass is 35.5. The fourth-order valence-electron chi connectivity index (χ4n) is 2.45. The highest BCUT2D eigenvalue weighted by molar-refractivity contribution is 6.31. The van der Waals surface area contributed by atoms with Crippen molar-refractivity contribution >= 4 is 28.5 Å². The first kappa shape index (κ1) is 15.6.